The standard InChI is InChI=1S/C16H15FN2/c1-2-12-6-8-13(9-7-12)16(11-18)19-15-5-3-4-14(17)10-15/h3-10,16,19H,2H2,1H3. The first kappa shape index (κ1) is 13.1. The van der Waals surface area contributed by atoms with Crippen LogP contribution in [0.25, 0.3) is 0 Å². The van der Waals surface area contributed by atoms with Gasteiger partial charge < -0.3 is 5.32 Å². The monoisotopic (exact) mass is 254 g/mol. The van der Waals surface area contributed by atoms with Gasteiger partial charge in [-0.15, -0.1) is 0 Å². The molecule has 0 radical (unpaired) electrons. The number of anilines is 1. The Morgan fingerprint density at radius 2 is 1.95 bits per heavy atom. The van der Waals surface area contributed by atoms with E-state index in [1.807, 2.05) is 24.3 Å². The van der Waals surface area contributed by atoms with Crippen molar-refractivity contribution in [1.82, 2.24) is 0 Å². The number of nitriles is 1. The second-order valence-electron chi connectivity index (χ2n) is 4.31. The third-order valence-corrected chi connectivity index (χ3v) is 2.99. The Morgan fingerprint density at radius 3 is 2.53 bits per heavy atom. The maximum Gasteiger partial charge on any atom is 0.140 e. The molecule has 19 heavy (non-hydrogen) atoms. The Bertz CT molecular complexity index is 584. The number of hydrogen-bond acceptors (Lipinski definition) is 2. The molecule has 0 saturated heterocycles. The number of rotatable bonds is 4. The third kappa shape index (κ3) is 3.32. The van der Waals surface area contributed by atoms with Gasteiger partial charge in [-0.05, 0) is 35.7 Å². The SMILES string of the molecule is CCc1ccc(C(C#N)Nc2cccc(F)c2)cc1. The molecule has 2 rings (SSSR count). The molecular weight excluding hydrogens is 239 g/mol. The summed E-state index contributed by atoms with van der Waals surface area (Å²) in [5.41, 5.74) is 2.71. The van der Waals surface area contributed by atoms with Gasteiger partial charge in [-0.2, -0.15) is 5.26 Å². The molecule has 0 heterocycles. The van der Waals surface area contributed by atoms with E-state index in [-0.39, 0.29) is 5.82 Å². The van der Waals surface area contributed by atoms with Gasteiger partial charge in [0.1, 0.15) is 11.9 Å². The molecule has 96 valence electrons. The number of hydrogen-bond donors (Lipinski definition) is 1. The van der Waals surface area contributed by atoms with Crippen molar-refractivity contribution >= 4 is 5.69 Å². The highest BCUT2D eigenvalue weighted by Crippen LogP contribution is 2.20. The minimum absolute atomic E-state index is 0.317. The molecule has 0 saturated carbocycles. The quantitative estimate of drug-likeness (QED) is 0.892. The third-order valence-electron chi connectivity index (χ3n) is 2.99. The first-order valence-corrected chi connectivity index (χ1v) is 6.23. The summed E-state index contributed by atoms with van der Waals surface area (Å²) >= 11 is 0. The summed E-state index contributed by atoms with van der Waals surface area (Å²) < 4.78 is 13.1. The second kappa shape index (κ2) is 6.01. The second-order valence-corrected chi connectivity index (χ2v) is 4.31. The molecule has 1 unspecified atom stereocenters. The normalized spacial score (nSPS) is 11.6. The van der Waals surface area contributed by atoms with Gasteiger partial charge >= 0.3 is 0 Å². The smallest absolute Gasteiger partial charge is 0.140 e. The fraction of sp³-hybridized carbons (Fsp3) is 0.188. The van der Waals surface area contributed by atoms with Crippen LogP contribution in [0, 0.1) is 17.1 Å². The van der Waals surface area contributed by atoms with Crippen molar-refractivity contribution in [3.63, 3.8) is 0 Å². The van der Waals surface area contributed by atoms with Gasteiger partial charge in [0.15, 0.2) is 0 Å². The number of nitrogens with zero attached hydrogens (tertiary/aromatic N) is 1. The summed E-state index contributed by atoms with van der Waals surface area (Å²) in [5, 5.41) is 12.3. The minimum atomic E-state index is -0.479. The van der Waals surface area contributed by atoms with Crippen molar-refractivity contribution in [2.75, 3.05) is 5.32 Å². The summed E-state index contributed by atoms with van der Waals surface area (Å²) in [5.74, 6) is -0.317. The lowest BCUT2D eigenvalue weighted by atomic mass is 10.0. The fourth-order valence-electron chi connectivity index (χ4n) is 1.88. The predicted molar refractivity (Wildman–Crippen MR) is 74.2 cm³/mol. The Labute approximate surface area is 112 Å². The fourth-order valence-corrected chi connectivity index (χ4v) is 1.88. The molecule has 3 heteroatoms. The molecule has 0 bridgehead atoms. The van der Waals surface area contributed by atoms with Crippen LogP contribution >= 0.6 is 0 Å². The van der Waals surface area contributed by atoms with Gasteiger partial charge in [-0.3, -0.25) is 0 Å². The molecule has 0 aliphatic rings. The van der Waals surface area contributed by atoms with E-state index in [0.29, 0.717) is 5.69 Å². The Kier molecular flexibility index (Phi) is 4.15. The highest BCUT2D eigenvalue weighted by molar-refractivity contribution is 5.47. The van der Waals surface area contributed by atoms with Crippen molar-refractivity contribution in [2.45, 2.75) is 19.4 Å². The van der Waals surface area contributed by atoms with E-state index in [1.54, 1.807) is 12.1 Å². The molecule has 0 aliphatic heterocycles. The van der Waals surface area contributed by atoms with E-state index >= 15 is 0 Å². The zero-order chi connectivity index (χ0) is 13.7. The molecule has 2 nitrogen and oxygen atoms in total. The highest BCUT2D eigenvalue weighted by atomic mass is 19.1. The van der Waals surface area contributed by atoms with E-state index in [9.17, 15) is 9.65 Å². The molecule has 0 aliphatic carbocycles. The number of aryl methyl sites for hydroxylation is 1. The number of halogens is 1. The van der Waals surface area contributed by atoms with E-state index in [0.717, 1.165) is 12.0 Å². The molecule has 2 aromatic carbocycles. The largest absolute Gasteiger partial charge is 0.366 e. The molecule has 0 spiro atoms. The lowest BCUT2D eigenvalue weighted by Gasteiger charge is -2.13. The van der Waals surface area contributed by atoms with Gasteiger partial charge in [0.05, 0.1) is 6.07 Å². The van der Waals surface area contributed by atoms with Crippen LogP contribution in [-0.2, 0) is 6.42 Å². The molecule has 0 fully saturated rings. The van der Waals surface area contributed by atoms with Gasteiger partial charge in [0, 0.05) is 5.69 Å². The van der Waals surface area contributed by atoms with Crippen molar-refractivity contribution in [3.8, 4) is 6.07 Å². The van der Waals surface area contributed by atoms with Crippen LogP contribution in [0.3, 0.4) is 0 Å². The zero-order valence-electron chi connectivity index (χ0n) is 10.7. The van der Waals surface area contributed by atoms with Crippen molar-refractivity contribution in [2.24, 2.45) is 0 Å². The molecule has 1 N–H and O–H groups in total. The lowest BCUT2D eigenvalue weighted by Crippen LogP contribution is -2.08. The summed E-state index contributed by atoms with van der Waals surface area (Å²) in [6.07, 6.45) is 0.967. The highest BCUT2D eigenvalue weighted by Gasteiger charge is 2.10. The first-order valence-electron chi connectivity index (χ1n) is 6.23. The van der Waals surface area contributed by atoms with Crippen molar-refractivity contribution in [3.05, 3.63) is 65.5 Å². The maximum atomic E-state index is 13.1. The van der Waals surface area contributed by atoms with E-state index in [2.05, 4.69) is 18.3 Å². The van der Waals surface area contributed by atoms with Gasteiger partial charge in [0.2, 0.25) is 0 Å². The number of nitrogens with one attached hydrogen (secondary N) is 1. The topological polar surface area (TPSA) is 35.8 Å². The van der Waals surface area contributed by atoms with Crippen molar-refractivity contribution in [1.29, 1.82) is 5.26 Å². The van der Waals surface area contributed by atoms with Crippen LogP contribution in [0.4, 0.5) is 10.1 Å². The van der Waals surface area contributed by atoms with E-state index in [4.69, 9.17) is 0 Å². The Morgan fingerprint density at radius 1 is 1.21 bits per heavy atom. The van der Waals surface area contributed by atoms with E-state index in [1.165, 1.54) is 17.7 Å². The summed E-state index contributed by atoms with van der Waals surface area (Å²) in [6, 6.07) is 15.7. The molecule has 0 amide bonds. The predicted octanol–water partition coefficient (Wildman–Crippen LogP) is 4.06. The van der Waals surface area contributed by atoms with Gasteiger partial charge in [0.25, 0.3) is 0 Å². The number of benzene rings is 2. The van der Waals surface area contributed by atoms with Crippen LogP contribution in [0.2, 0.25) is 0 Å². The average Bonchev–Trinajstić information content (AvgIpc) is 2.45. The molecule has 1 atom stereocenters. The average molecular weight is 254 g/mol. The minimum Gasteiger partial charge on any atom is -0.366 e. The first-order chi connectivity index (χ1) is 9.22. The summed E-state index contributed by atoms with van der Waals surface area (Å²) in [6.45, 7) is 2.09. The Balaban J connectivity index is 2.18. The van der Waals surface area contributed by atoms with Crippen molar-refractivity contribution < 1.29 is 4.39 Å². The van der Waals surface area contributed by atoms with E-state index < -0.39 is 6.04 Å². The summed E-state index contributed by atoms with van der Waals surface area (Å²) in [7, 11) is 0. The zero-order valence-corrected chi connectivity index (χ0v) is 10.7. The van der Waals surface area contributed by atoms with Crippen LogP contribution in [0.15, 0.2) is 48.5 Å². The van der Waals surface area contributed by atoms with Gasteiger partial charge in [-0.1, -0.05) is 37.3 Å². The van der Waals surface area contributed by atoms with Crippen LogP contribution in [0.5, 0.6) is 0 Å². The lowest BCUT2D eigenvalue weighted by molar-refractivity contribution is 0.628. The molecule has 2 aromatic rings. The molecular formula is C16H15FN2. The molecule has 0 aromatic heterocycles. The van der Waals surface area contributed by atoms with Crippen LogP contribution in [0.1, 0.15) is 24.1 Å². The summed E-state index contributed by atoms with van der Waals surface area (Å²) in [4.78, 5) is 0. The van der Waals surface area contributed by atoms with Crippen LogP contribution in [-0.4, -0.2) is 0 Å². The Hall–Kier alpha value is -2.34. The maximum absolute atomic E-state index is 13.1. The van der Waals surface area contributed by atoms with Crippen LogP contribution < -0.4 is 5.32 Å². The van der Waals surface area contributed by atoms with Gasteiger partial charge in [-0.25, -0.2) is 4.39 Å².